The minimum Gasteiger partial charge on any atom is -0.475 e. The minimum absolute atomic E-state index is 0.0928. The number of nitrogens with zero attached hydrogens (tertiary/aromatic N) is 3. The Hall–Kier alpha value is -3.72. The van der Waals surface area contributed by atoms with E-state index in [1.54, 1.807) is 6.20 Å². The molecule has 9 nitrogen and oxygen atoms in total. The number of carboxylic acid groups (broad SMARTS) is 2. The highest BCUT2D eigenvalue weighted by Gasteiger charge is 2.42. The van der Waals surface area contributed by atoms with E-state index in [2.05, 4.69) is 22.0 Å². The number of benzene rings is 1. The number of fused-ring (bicyclic) bond motifs is 1. The third-order valence-corrected chi connectivity index (χ3v) is 5.77. The number of amides is 1. The summed E-state index contributed by atoms with van der Waals surface area (Å²) < 4.78 is 69.5. The molecular weight excluding hydrogens is 552 g/mol. The van der Waals surface area contributed by atoms with Crippen molar-refractivity contribution >= 4 is 17.8 Å². The van der Waals surface area contributed by atoms with Crippen LogP contribution >= 0.6 is 0 Å². The number of halogens is 6. The maximum Gasteiger partial charge on any atom is 0.490 e. The number of hydrogen-bond acceptors (Lipinski definition) is 6. The van der Waals surface area contributed by atoms with Gasteiger partial charge in [-0.1, -0.05) is 23.3 Å². The van der Waals surface area contributed by atoms with Crippen molar-refractivity contribution in [1.29, 1.82) is 0 Å². The van der Waals surface area contributed by atoms with Crippen LogP contribution in [0.5, 0.6) is 0 Å². The Morgan fingerprint density at radius 3 is 2.00 bits per heavy atom. The summed E-state index contributed by atoms with van der Waals surface area (Å²) >= 11 is 0. The summed E-state index contributed by atoms with van der Waals surface area (Å²) in [5, 5.41) is 14.2. The van der Waals surface area contributed by atoms with Gasteiger partial charge in [-0.2, -0.15) is 26.3 Å². The maximum atomic E-state index is 13.0. The second kappa shape index (κ2) is 13.6. The molecule has 220 valence electrons. The number of aliphatic carboxylic acids is 2. The lowest BCUT2D eigenvalue weighted by Crippen LogP contribution is -2.50. The SMILES string of the molecule is Cc1cc(C)cc(C(=O)N2CC3OCCN(Cc4cccnc4)C3C2)c1.O=C(O)C(F)(F)F.O=C(O)C(F)(F)F. The summed E-state index contributed by atoms with van der Waals surface area (Å²) in [4.78, 5) is 39.4. The fourth-order valence-electron chi connectivity index (χ4n) is 4.13. The molecule has 0 radical (unpaired) electrons. The Balaban J connectivity index is 0.000000333. The summed E-state index contributed by atoms with van der Waals surface area (Å²) in [5.41, 5.74) is 4.23. The van der Waals surface area contributed by atoms with E-state index in [0.717, 1.165) is 36.3 Å². The first-order chi connectivity index (χ1) is 18.5. The zero-order valence-corrected chi connectivity index (χ0v) is 21.4. The number of ether oxygens (including phenoxy) is 1. The van der Waals surface area contributed by atoms with Crippen LogP contribution in [0.15, 0.2) is 42.7 Å². The predicted octanol–water partition coefficient (Wildman–Crippen LogP) is 3.69. The van der Waals surface area contributed by atoms with Gasteiger partial charge in [-0.3, -0.25) is 14.7 Å². The highest BCUT2D eigenvalue weighted by atomic mass is 19.4. The maximum absolute atomic E-state index is 13.0. The van der Waals surface area contributed by atoms with E-state index in [4.69, 9.17) is 24.5 Å². The molecule has 2 unspecified atom stereocenters. The molecule has 0 saturated carbocycles. The Morgan fingerprint density at radius 2 is 1.52 bits per heavy atom. The van der Waals surface area contributed by atoms with Crippen molar-refractivity contribution < 1.29 is 55.7 Å². The number of morpholine rings is 1. The standard InChI is InChI=1S/C21H25N3O2.2C2HF3O2/c1-15-8-16(2)10-18(9-15)21(25)24-13-19-20(14-24)26-7-6-23(19)12-17-4-3-5-22-11-17;2*3-2(4,5)1(6)7/h3-5,8-11,19-20H,6-7,12-14H2,1-2H3;2*(H,6,7). The molecule has 1 aromatic carbocycles. The second-order valence-corrected chi connectivity index (χ2v) is 9.00. The van der Waals surface area contributed by atoms with Crippen LogP contribution < -0.4 is 0 Å². The quantitative estimate of drug-likeness (QED) is 0.529. The lowest BCUT2D eigenvalue weighted by molar-refractivity contribution is -0.193. The van der Waals surface area contributed by atoms with E-state index >= 15 is 0 Å². The molecule has 2 saturated heterocycles. The van der Waals surface area contributed by atoms with E-state index in [1.807, 2.05) is 43.1 Å². The van der Waals surface area contributed by atoms with Crippen LogP contribution in [0.25, 0.3) is 0 Å². The topological polar surface area (TPSA) is 120 Å². The summed E-state index contributed by atoms with van der Waals surface area (Å²) in [6.45, 7) is 7.91. The van der Waals surface area contributed by atoms with Crippen LogP contribution in [-0.4, -0.2) is 93.6 Å². The highest BCUT2D eigenvalue weighted by molar-refractivity contribution is 5.95. The molecule has 2 N–H and O–H groups in total. The summed E-state index contributed by atoms with van der Waals surface area (Å²) in [6.07, 6.45) is -6.36. The van der Waals surface area contributed by atoms with Crippen LogP contribution in [0.3, 0.4) is 0 Å². The van der Waals surface area contributed by atoms with Crippen LogP contribution in [-0.2, 0) is 20.9 Å². The van der Waals surface area contributed by atoms with Gasteiger partial charge in [-0.05, 0) is 37.6 Å². The van der Waals surface area contributed by atoms with Gasteiger partial charge in [0.15, 0.2) is 0 Å². The first kappa shape index (κ1) is 32.5. The zero-order chi connectivity index (χ0) is 30.3. The van der Waals surface area contributed by atoms with Crippen molar-refractivity contribution in [3.8, 4) is 0 Å². The third-order valence-electron chi connectivity index (χ3n) is 5.77. The molecule has 0 aliphatic carbocycles. The molecule has 2 aliphatic heterocycles. The lowest BCUT2D eigenvalue weighted by Gasteiger charge is -2.36. The van der Waals surface area contributed by atoms with Gasteiger partial charge in [0.05, 0.1) is 18.8 Å². The molecule has 2 fully saturated rings. The molecule has 2 atom stereocenters. The van der Waals surface area contributed by atoms with Gasteiger partial charge in [0.25, 0.3) is 5.91 Å². The third kappa shape index (κ3) is 9.79. The van der Waals surface area contributed by atoms with Crippen molar-refractivity contribution in [1.82, 2.24) is 14.8 Å². The number of rotatable bonds is 3. The Labute approximate surface area is 225 Å². The highest BCUT2D eigenvalue weighted by Crippen LogP contribution is 2.26. The predicted molar refractivity (Wildman–Crippen MR) is 127 cm³/mol. The Bertz CT molecular complexity index is 1130. The smallest absolute Gasteiger partial charge is 0.475 e. The number of aromatic nitrogens is 1. The van der Waals surface area contributed by atoms with Crippen LogP contribution in [0.2, 0.25) is 0 Å². The van der Waals surface area contributed by atoms with Gasteiger partial charge in [-0.25, -0.2) is 9.59 Å². The van der Waals surface area contributed by atoms with Crippen LogP contribution in [0.1, 0.15) is 27.0 Å². The van der Waals surface area contributed by atoms with Crippen molar-refractivity contribution in [2.75, 3.05) is 26.2 Å². The molecule has 2 aromatic rings. The van der Waals surface area contributed by atoms with Crippen LogP contribution in [0.4, 0.5) is 26.3 Å². The summed E-state index contributed by atoms with van der Waals surface area (Å²) in [6, 6.07) is 10.4. The molecule has 0 spiro atoms. The molecule has 4 rings (SSSR count). The average Bonchev–Trinajstić information content (AvgIpc) is 3.29. The number of alkyl halides is 6. The molecule has 2 aliphatic rings. The van der Waals surface area contributed by atoms with Gasteiger partial charge in [0.2, 0.25) is 0 Å². The largest absolute Gasteiger partial charge is 0.490 e. The van der Waals surface area contributed by atoms with Gasteiger partial charge in [-0.15, -0.1) is 0 Å². The number of carboxylic acids is 2. The van der Waals surface area contributed by atoms with Gasteiger partial charge in [0.1, 0.15) is 0 Å². The number of pyridine rings is 1. The number of carbonyl (C=O) groups is 3. The van der Waals surface area contributed by atoms with E-state index in [9.17, 15) is 31.1 Å². The molecule has 15 heteroatoms. The van der Waals surface area contributed by atoms with Crippen molar-refractivity contribution in [2.45, 2.75) is 44.9 Å². The van der Waals surface area contributed by atoms with Crippen LogP contribution in [0, 0.1) is 13.8 Å². The van der Waals surface area contributed by atoms with E-state index < -0.39 is 24.3 Å². The van der Waals surface area contributed by atoms with Gasteiger partial charge in [0, 0.05) is 44.1 Å². The van der Waals surface area contributed by atoms with Crippen molar-refractivity contribution in [3.05, 3.63) is 65.0 Å². The molecule has 3 heterocycles. The molecular formula is C25H27F6N3O6. The number of hydrogen-bond donors (Lipinski definition) is 2. The second-order valence-electron chi connectivity index (χ2n) is 9.00. The fourth-order valence-corrected chi connectivity index (χ4v) is 4.13. The van der Waals surface area contributed by atoms with E-state index in [-0.39, 0.29) is 18.1 Å². The normalized spacial score (nSPS) is 18.9. The lowest BCUT2D eigenvalue weighted by atomic mass is 10.1. The molecule has 0 bridgehead atoms. The fraction of sp³-hybridized carbons (Fsp3) is 0.440. The molecule has 40 heavy (non-hydrogen) atoms. The van der Waals surface area contributed by atoms with Crippen molar-refractivity contribution in [2.24, 2.45) is 0 Å². The molecule has 1 amide bonds. The first-order valence-electron chi connectivity index (χ1n) is 11.7. The monoisotopic (exact) mass is 579 g/mol. The summed E-state index contributed by atoms with van der Waals surface area (Å²) in [5.74, 6) is -5.41. The molecule has 1 aromatic heterocycles. The Morgan fingerprint density at radius 1 is 0.975 bits per heavy atom. The average molecular weight is 579 g/mol. The summed E-state index contributed by atoms with van der Waals surface area (Å²) in [7, 11) is 0. The zero-order valence-electron chi connectivity index (χ0n) is 21.4. The minimum atomic E-state index is -5.08. The van der Waals surface area contributed by atoms with E-state index in [1.165, 1.54) is 5.56 Å². The van der Waals surface area contributed by atoms with Gasteiger partial charge >= 0.3 is 24.3 Å². The first-order valence-corrected chi connectivity index (χ1v) is 11.7. The van der Waals surface area contributed by atoms with E-state index in [0.29, 0.717) is 13.2 Å². The number of carbonyl (C=O) groups excluding carboxylic acids is 1. The Kier molecular flexibility index (Phi) is 11.0. The van der Waals surface area contributed by atoms with Crippen molar-refractivity contribution in [3.63, 3.8) is 0 Å². The number of aryl methyl sites for hydroxylation is 2. The number of likely N-dealkylation sites (tertiary alicyclic amines) is 1. The van der Waals surface area contributed by atoms with Gasteiger partial charge < -0.3 is 19.8 Å².